The first kappa shape index (κ1) is 17.8. The van der Waals surface area contributed by atoms with Crippen LogP contribution < -0.4 is 0 Å². The number of esters is 1. The number of ether oxygens (including phenoxy) is 5. The molecule has 6 heteroatoms. The SMILES string of the molecule is [2H][C@H]1O[C@@H]2COC(c3ccccc3)O[C@H]2[C@@H](OCc2ccccc2)[C@@H]1OC(C)=O. The summed E-state index contributed by atoms with van der Waals surface area (Å²) in [6, 6.07) is 19.3. The van der Waals surface area contributed by atoms with Gasteiger partial charge in [0.15, 0.2) is 12.4 Å². The highest BCUT2D eigenvalue weighted by Crippen LogP contribution is 2.34. The second-order valence-electron chi connectivity index (χ2n) is 6.82. The average Bonchev–Trinajstić information content (AvgIpc) is 2.74. The predicted octanol–water partition coefficient (Wildman–Crippen LogP) is 3.02. The lowest BCUT2D eigenvalue weighted by Crippen LogP contribution is -2.59. The van der Waals surface area contributed by atoms with Gasteiger partial charge in [0.05, 0.1) is 21.2 Å². The summed E-state index contributed by atoms with van der Waals surface area (Å²) in [5.41, 5.74) is 1.86. The zero-order valence-corrected chi connectivity index (χ0v) is 15.6. The minimum atomic E-state index is -1.08. The number of hydrogen-bond donors (Lipinski definition) is 0. The normalized spacial score (nSPS) is 32.8. The van der Waals surface area contributed by atoms with Gasteiger partial charge in [0.25, 0.3) is 0 Å². The molecule has 6 atom stereocenters. The minimum Gasteiger partial charge on any atom is -0.457 e. The van der Waals surface area contributed by atoms with E-state index in [9.17, 15) is 4.79 Å². The Morgan fingerprint density at radius 1 is 1.11 bits per heavy atom. The molecule has 2 saturated heterocycles. The number of rotatable bonds is 5. The first-order valence-corrected chi connectivity index (χ1v) is 9.34. The molecule has 0 amide bonds. The number of hydrogen-bond acceptors (Lipinski definition) is 6. The van der Waals surface area contributed by atoms with E-state index in [0.717, 1.165) is 11.1 Å². The van der Waals surface area contributed by atoms with E-state index in [1.807, 2.05) is 60.7 Å². The van der Waals surface area contributed by atoms with E-state index in [1.165, 1.54) is 6.92 Å². The fraction of sp³-hybridized carbons (Fsp3) is 0.409. The molecule has 148 valence electrons. The molecule has 2 fully saturated rings. The van der Waals surface area contributed by atoms with Gasteiger partial charge in [-0.2, -0.15) is 0 Å². The molecule has 0 N–H and O–H groups in total. The van der Waals surface area contributed by atoms with Gasteiger partial charge in [0.2, 0.25) is 0 Å². The largest absolute Gasteiger partial charge is 0.457 e. The van der Waals surface area contributed by atoms with Crippen molar-refractivity contribution < 1.29 is 29.8 Å². The lowest BCUT2D eigenvalue weighted by Gasteiger charge is -2.45. The van der Waals surface area contributed by atoms with Crippen LogP contribution in [0.4, 0.5) is 0 Å². The Hall–Kier alpha value is -2.25. The first-order chi connectivity index (χ1) is 14.1. The van der Waals surface area contributed by atoms with Crippen molar-refractivity contribution in [3.05, 3.63) is 71.8 Å². The van der Waals surface area contributed by atoms with Crippen LogP contribution in [0.1, 0.15) is 25.7 Å². The van der Waals surface area contributed by atoms with Gasteiger partial charge in [-0.15, -0.1) is 0 Å². The molecule has 4 rings (SSSR count). The molecule has 0 aliphatic carbocycles. The number of carbonyl (C=O) groups is 1. The quantitative estimate of drug-likeness (QED) is 0.738. The third-order valence-electron chi connectivity index (χ3n) is 4.75. The Kier molecular flexibility index (Phi) is 5.62. The second-order valence-corrected chi connectivity index (χ2v) is 6.82. The maximum absolute atomic E-state index is 11.6. The van der Waals surface area contributed by atoms with Crippen LogP contribution in [0.2, 0.25) is 0 Å². The molecule has 2 aliphatic rings. The highest BCUT2D eigenvalue weighted by molar-refractivity contribution is 5.66. The van der Waals surface area contributed by atoms with Gasteiger partial charge < -0.3 is 23.7 Å². The van der Waals surface area contributed by atoms with Crippen LogP contribution in [0.3, 0.4) is 0 Å². The Bertz CT molecular complexity index is 801. The van der Waals surface area contributed by atoms with Crippen LogP contribution in [0.15, 0.2) is 60.7 Å². The van der Waals surface area contributed by atoms with Gasteiger partial charge in [0, 0.05) is 12.5 Å². The van der Waals surface area contributed by atoms with E-state index in [-0.39, 0.29) is 6.61 Å². The van der Waals surface area contributed by atoms with Crippen molar-refractivity contribution in [1.82, 2.24) is 0 Å². The van der Waals surface area contributed by atoms with Crippen molar-refractivity contribution in [1.29, 1.82) is 0 Å². The topological polar surface area (TPSA) is 63.2 Å². The predicted molar refractivity (Wildman–Crippen MR) is 100 cm³/mol. The van der Waals surface area contributed by atoms with Gasteiger partial charge in [-0.1, -0.05) is 60.7 Å². The fourth-order valence-electron chi connectivity index (χ4n) is 3.42. The van der Waals surface area contributed by atoms with Gasteiger partial charge in [-0.3, -0.25) is 4.79 Å². The standard InChI is InChI=1S/C22H24O6/c1-15(23)27-19-14-24-18-13-26-22(17-10-6-3-7-11-17)28-21(18)20(19)25-12-16-8-4-2-5-9-16/h2-11,18-22H,12-14H2,1H3/t18-,19-,20+,21-,22?/m1/s1/i14D/t14-,18-,19-,20+,21-,22?. The van der Waals surface area contributed by atoms with Crippen LogP contribution in [0.5, 0.6) is 0 Å². The average molecular weight is 385 g/mol. The fourth-order valence-corrected chi connectivity index (χ4v) is 3.42. The Balaban J connectivity index is 1.56. The van der Waals surface area contributed by atoms with E-state index >= 15 is 0 Å². The lowest BCUT2D eigenvalue weighted by molar-refractivity contribution is -0.321. The highest BCUT2D eigenvalue weighted by atomic mass is 16.7. The van der Waals surface area contributed by atoms with Gasteiger partial charge in [-0.25, -0.2) is 0 Å². The number of fused-ring (bicyclic) bond motifs is 1. The van der Waals surface area contributed by atoms with Crippen LogP contribution in [-0.4, -0.2) is 43.6 Å². The molecule has 2 aliphatic heterocycles. The van der Waals surface area contributed by atoms with Crippen molar-refractivity contribution in [2.24, 2.45) is 0 Å². The summed E-state index contributed by atoms with van der Waals surface area (Å²) in [5.74, 6) is -0.491. The summed E-state index contributed by atoms with van der Waals surface area (Å²) in [7, 11) is 0. The molecule has 2 heterocycles. The van der Waals surface area contributed by atoms with Gasteiger partial charge in [-0.05, 0) is 5.56 Å². The van der Waals surface area contributed by atoms with Crippen molar-refractivity contribution in [2.75, 3.05) is 13.2 Å². The molecule has 28 heavy (non-hydrogen) atoms. The molecule has 0 bridgehead atoms. The number of benzene rings is 2. The summed E-state index contributed by atoms with van der Waals surface area (Å²) >= 11 is 0. The summed E-state index contributed by atoms with van der Waals surface area (Å²) < 4.78 is 37.6. The van der Waals surface area contributed by atoms with E-state index in [2.05, 4.69) is 0 Å². The molecule has 2 aromatic carbocycles. The molecule has 2 aromatic rings. The van der Waals surface area contributed by atoms with E-state index < -0.39 is 43.3 Å². The second kappa shape index (κ2) is 8.84. The molecular formula is C22H24O6. The first-order valence-electron chi connectivity index (χ1n) is 9.92. The summed E-state index contributed by atoms with van der Waals surface area (Å²) in [6.07, 6.45) is -3.15. The van der Waals surface area contributed by atoms with Crippen LogP contribution >= 0.6 is 0 Å². The van der Waals surface area contributed by atoms with Crippen molar-refractivity contribution in [2.45, 2.75) is 44.2 Å². The zero-order valence-electron chi connectivity index (χ0n) is 16.6. The molecule has 0 radical (unpaired) electrons. The highest BCUT2D eigenvalue weighted by Gasteiger charge is 2.47. The Morgan fingerprint density at radius 3 is 2.54 bits per heavy atom. The van der Waals surface area contributed by atoms with Crippen molar-refractivity contribution in [3.8, 4) is 0 Å². The van der Waals surface area contributed by atoms with E-state index in [1.54, 1.807) is 0 Å². The molecular weight excluding hydrogens is 360 g/mol. The molecule has 0 aromatic heterocycles. The van der Waals surface area contributed by atoms with Gasteiger partial charge >= 0.3 is 5.97 Å². The van der Waals surface area contributed by atoms with Crippen LogP contribution in [0, 0.1) is 0 Å². The minimum absolute atomic E-state index is 0.262. The summed E-state index contributed by atoms with van der Waals surface area (Å²) in [5, 5.41) is 0. The maximum atomic E-state index is 11.6. The smallest absolute Gasteiger partial charge is 0.303 e. The van der Waals surface area contributed by atoms with E-state index in [0.29, 0.717) is 6.61 Å². The van der Waals surface area contributed by atoms with Crippen LogP contribution in [-0.2, 0) is 35.1 Å². The third kappa shape index (κ3) is 4.42. The van der Waals surface area contributed by atoms with E-state index in [4.69, 9.17) is 25.1 Å². The molecule has 0 saturated carbocycles. The maximum Gasteiger partial charge on any atom is 0.303 e. The molecule has 1 unspecified atom stereocenters. The van der Waals surface area contributed by atoms with Crippen LogP contribution in [0.25, 0.3) is 0 Å². The van der Waals surface area contributed by atoms with Gasteiger partial charge in [0.1, 0.15) is 18.3 Å². The van der Waals surface area contributed by atoms with Crippen molar-refractivity contribution in [3.63, 3.8) is 0 Å². The summed E-state index contributed by atoms with van der Waals surface area (Å²) in [4.78, 5) is 11.6. The summed E-state index contributed by atoms with van der Waals surface area (Å²) in [6.45, 7) is 0.795. The van der Waals surface area contributed by atoms with Crippen molar-refractivity contribution >= 4 is 5.97 Å². The zero-order chi connectivity index (χ0) is 20.2. The number of carbonyl (C=O) groups excluding carboxylic acids is 1. The lowest BCUT2D eigenvalue weighted by atomic mass is 9.98. The molecule has 6 nitrogen and oxygen atoms in total. The third-order valence-corrected chi connectivity index (χ3v) is 4.75. The Morgan fingerprint density at radius 2 is 1.82 bits per heavy atom. The molecule has 0 spiro atoms. The monoisotopic (exact) mass is 385 g/mol. The Labute approximate surface area is 165 Å².